The SMILES string of the molecule is CCn1ncc2c(NC(C)C3CCCCC3)c(C(=O)O)cnc21. The van der Waals surface area contributed by atoms with Crippen LogP contribution in [-0.2, 0) is 6.54 Å². The number of hydrogen-bond acceptors (Lipinski definition) is 4. The van der Waals surface area contributed by atoms with E-state index in [1.165, 1.54) is 38.3 Å². The van der Waals surface area contributed by atoms with Crippen LogP contribution in [0.3, 0.4) is 0 Å². The quantitative estimate of drug-likeness (QED) is 0.882. The second-order valence-corrected chi connectivity index (χ2v) is 6.38. The predicted molar refractivity (Wildman–Crippen MR) is 89.8 cm³/mol. The van der Waals surface area contributed by atoms with Gasteiger partial charge in [-0.25, -0.2) is 14.5 Å². The van der Waals surface area contributed by atoms with E-state index in [0.717, 1.165) is 11.0 Å². The third kappa shape index (κ3) is 3.02. The Kier molecular flexibility index (Phi) is 4.50. The van der Waals surface area contributed by atoms with Crippen LogP contribution in [0.5, 0.6) is 0 Å². The number of anilines is 1. The number of rotatable bonds is 5. The fraction of sp³-hybridized carbons (Fsp3) is 0.588. The highest BCUT2D eigenvalue weighted by Crippen LogP contribution is 2.31. The van der Waals surface area contributed by atoms with Gasteiger partial charge in [-0.1, -0.05) is 19.3 Å². The van der Waals surface area contributed by atoms with Gasteiger partial charge in [-0.2, -0.15) is 5.10 Å². The first kappa shape index (κ1) is 15.8. The summed E-state index contributed by atoms with van der Waals surface area (Å²) < 4.78 is 1.79. The lowest BCUT2D eigenvalue weighted by atomic mass is 9.84. The fourth-order valence-electron chi connectivity index (χ4n) is 3.56. The zero-order valence-electron chi connectivity index (χ0n) is 13.7. The van der Waals surface area contributed by atoms with Crippen LogP contribution in [0, 0.1) is 5.92 Å². The third-order valence-electron chi connectivity index (χ3n) is 4.93. The van der Waals surface area contributed by atoms with E-state index in [1.807, 2.05) is 6.92 Å². The smallest absolute Gasteiger partial charge is 0.339 e. The van der Waals surface area contributed by atoms with Crippen molar-refractivity contribution in [3.63, 3.8) is 0 Å². The average molecular weight is 316 g/mol. The van der Waals surface area contributed by atoms with Crippen LogP contribution in [0.1, 0.15) is 56.3 Å². The Morgan fingerprint density at radius 1 is 1.39 bits per heavy atom. The van der Waals surface area contributed by atoms with Crippen molar-refractivity contribution in [3.05, 3.63) is 18.0 Å². The molecule has 0 aliphatic heterocycles. The van der Waals surface area contributed by atoms with Crippen molar-refractivity contribution < 1.29 is 9.90 Å². The van der Waals surface area contributed by atoms with E-state index < -0.39 is 5.97 Å². The van der Waals surface area contributed by atoms with Gasteiger partial charge in [-0.05, 0) is 32.6 Å². The maximum Gasteiger partial charge on any atom is 0.339 e. The molecule has 6 nitrogen and oxygen atoms in total. The molecule has 1 fully saturated rings. The van der Waals surface area contributed by atoms with E-state index in [2.05, 4.69) is 22.3 Å². The van der Waals surface area contributed by atoms with E-state index in [-0.39, 0.29) is 11.6 Å². The lowest BCUT2D eigenvalue weighted by Crippen LogP contribution is -2.28. The maximum atomic E-state index is 11.6. The molecule has 2 aromatic rings. The minimum absolute atomic E-state index is 0.218. The summed E-state index contributed by atoms with van der Waals surface area (Å²) in [4.78, 5) is 15.9. The summed E-state index contributed by atoms with van der Waals surface area (Å²) in [7, 11) is 0. The van der Waals surface area contributed by atoms with Gasteiger partial charge < -0.3 is 10.4 Å². The minimum Gasteiger partial charge on any atom is -0.478 e. The standard InChI is InChI=1S/C17H24N4O2/c1-3-21-16-13(10-19-21)15(14(9-18-16)17(22)23)20-11(2)12-7-5-4-6-8-12/h9-12H,3-8H2,1-2H3,(H,18,20)(H,22,23). The number of hydrogen-bond donors (Lipinski definition) is 2. The third-order valence-corrected chi connectivity index (χ3v) is 4.93. The Labute approximate surface area is 135 Å². The van der Waals surface area contributed by atoms with E-state index in [1.54, 1.807) is 10.9 Å². The molecule has 2 N–H and O–H groups in total. The van der Waals surface area contributed by atoms with Gasteiger partial charge in [0.2, 0.25) is 0 Å². The van der Waals surface area contributed by atoms with Gasteiger partial charge in [-0.15, -0.1) is 0 Å². The van der Waals surface area contributed by atoms with Crippen LogP contribution in [-0.4, -0.2) is 31.9 Å². The largest absolute Gasteiger partial charge is 0.478 e. The number of aryl methyl sites for hydroxylation is 1. The topological polar surface area (TPSA) is 80.0 Å². The molecule has 0 radical (unpaired) electrons. The van der Waals surface area contributed by atoms with Crippen molar-refractivity contribution in [3.8, 4) is 0 Å². The predicted octanol–water partition coefficient (Wildman–Crippen LogP) is 3.53. The van der Waals surface area contributed by atoms with Crippen molar-refractivity contribution in [1.29, 1.82) is 0 Å². The molecule has 124 valence electrons. The zero-order chi connectivity index (χ0) is 16.4. The molecular weight excluding hydrogens is 292 g/mol. The Morgan fingerprint density at radius 3 is 2.78 bits per heavy atom. The van der Waals surface area contributed by atoms with Gasteiger partial charge in [0.25, 0.3) is 0 Å². The molecular formula is C17H24N4O2. The van der Waals surface area contributed by atoms with Crippen LogP contribution in [0.2, 0.25) is 0 Å². The molecule has 1 aliphatic carbocycles. The van der Waals surface area contributed by atoms with E-state index in [9.17, 15) is 9.90 Å². The molecule has 0 bridgehead atoms. The van der Waals surface area contributed by atoms with Crippen LogP contribution >= 0.6 is 0 Å². The highest BCUT2D eigenvalue weighted by Gasteiger charge is 2.24. The molecule has 2 heterocycles. The Balaban J connectivity index is 1.97. The highest BCUT2D eigenvalue weighted by atomic mass is 16.4. The zero-order valence-corrected chi connectivity index (χ0v) is 13.7. The number of aromatic nitrogens is 3. The first-order chi connectivity index (χ1) is 11.1. The maximum absolute atomic E-state index is 11.6. The van der Waals surface area contributed by atoms with E-state index in [0.29, 0.717) is 18.2 Å². The average Bonchev–Trinajstić information content (AvgIpc) is 2.99. The number of carboxylic acid groups (broad SMARTS) is 1. The van der Waals surface area contributed by atoms with Gasteiger partial charge in [0.05, 0.1) is 17.3 Å². The van der Waals surface area contributed by atoms with E-state index in [4.69, 9.17) is 0 Å². The molecule has 3 rings (SSSR count). The number of nitrogens with zero attached hydrogens (tertiary/aromatic N) is 3. The summed E-state index contributed by atoms with van der Waals surface area (Å²) in [6.07, 6.45) is 9.41. The molecule has 6 heteroatoms. The van der Waals surface area contributed by atoms with Crippen molar-refractivity contribution in [1.82, 2.24) is 14.8 Å². The minimum atomic E-state index is -0.956. The number of nitrogens with one attached hydrogen (secondary N) is 1. The summed E-state index contributed by atoms with van der Waals surface area (Å²) in [5.74, 6) is -0.364. The lowest BCUT2D eigenvalue weighted by Gasteiger charge is -2.29. The second-order valence-electron chi connectivity index (χ2n) is 6.38. The molecule has 1 atom stereocenters. The van der Waals surface area contributed by atoms with Crippen molar-refractivity contribution in [2.45, 2.75) is 58.5 Å². The fourth-order valence-corrected chi connectivity index (χ4v) is 3.56. The van der Waals surface area contributed by atoms with Crippen LogP contribution in [0.4, 0.5) is 5.69 Å². The Hall–Kier alpha value is -2.11. The van der Waals surface area contributed by atoms with Crippen LogP contribution in [0.25, 0.3) is 11.0 Å². The number of carboxylic acids is 1. The second kappa shape index (κ2) is 6.56. The molecule has 1 saturated carbocycles. The highest BCUT2D eigenvalue weighted by molar-refractivity contribution is 6.03. The van der Waals surface area contributed by atoms with Gasteiger partial charge in [0, 0.05) is 18.8 Å². The lowest BCUT2D eigenvalue weighted by molar-refractivity contribution is 0.0697. The van der Waals surface area contributed by atoms with Gasteiger partial charge in [0.1, 0.15) is 5.56 Å². The summed E-state index contributed by atoms with van der Waals surface area (Å²) in [6.45, 7) is 4.86. The molecule has 2 aromatic heterocycles. The Bertz CT molecular complexity index is 704. The Morgan fingerprint density at radius 2 is 2.13 bits per heavy atom. The first-order valence-electron chi connectivity index (χ1n) is 8.46. The summed E-state index contributed by atoms with van der Waals surface area (Å²) in [5, 5.41) is 18.1. The van der Waals surface area contributed by atoms with E-state index >= 15 is 0 Å². The molecule has 1 unspecified atom stereocenters. The van der Waals surface area contributed by atoms with Crippen molar-refractivity contribution >= 4 is 22.7 Å². The molecule has 0 spiro atoms. The molecule has 23 heavy (non-hydrogen) atoms. The van der Waals surface area contributed by atoms with Crippen molar-refractivity contribution in [2.75, 3.05) is 5.32 Å². The monoisotopic (exact) mass is 316 g/mol. The van der Waals surface area contributed by atoms with Gasteiger partial charge in [0.15, 0.2) is 5.65 Å². The van der Waals surface area contributed by atoms with Crippen LogP contribution < -0.4 is 5.32 Å². The van der Waals surface area contributed by atoms with Gasteiger partial charge in [-0.3, -0.25) is 0 Å². The van der Waals surface area contributed by atoms with Crippen molar-refractivity contribution in [2.24, 2.45) is 5.92 Å². The molecule has 0 aromatic carbocycles. The molecule has 0 saturated heterocycles. The molecule has 0 amide bonds. The number of carbonyl (C=O) groups is 1. The summed E-state index contributed by atoms with van der Waals surface area (Å²) >= 11 is 0. The van der Waals surface area contributed by atoms with Crippen LogP contribution in [0.15, 0.2) is 12.4 Å². The number of fused-ring (bicyclic) bond motifs is 1. The molecule has 1 aliphatic rings. The number of aromatic carboxylic acids is 1. The normalized spacial score (nSPS) is 17.3. The first-order valence-corrected chi connectivity index (χ1v) is 8.46. The summed E-state index contributed by atoms with van der Waals surface area (Å²) in [5.41, 5.74) is 1.60. The number of pyridine rings is 1. The summed E-state index contributed by atoms with van der Waals surface area (Å²) in [6, 6.07) is 0.240. The van der Waals surface area contributed by atoms with Gasteiger partial charge >= 0.3 is 5.97 Å².